The number of sulfonamides is 1. The minimum atomic E-state index is -3.50. The molecule has 1 aromatic carbocycles. The number of furan rings is 1. The zero-order valence-electron chi connectivity index (χ0n) is 10.6. The Hall–Kier alpha value is -1.11. The van der Waals surface area contributed by atoms with Crippen molar-refractivity contribution in [2.24, 2.45) is 0 Å². The molecule has 1 N–H and O–H groups in total. The van der Waals surface area contributed by atoms with E-state index in [2.05, 4.69) is 20.7 Å². The molecule has 0 aliphatic heterocycles. The fourth-order valence-electron chi connectivity index (χ4n) is 1.73. The van der Waals surface area contributed by atoms with Crippen molar-refractivity contribution >= 4 is 26.0 Å². The largest absolute Gasteiger partial charge is 0.466 e. The molecular formula is C13H14BrNO3S. The minimum Gasteiger partial charge on any atom is -0.466 e. The smallest absolute Gasteiger partial charge is 0.240 e. The van der Waals surface area contributed by atoms with Gasteiger partial charge in [0.15, 0.2) is 0 Å². The molecule has 19 heavy (non-hydrogen) atoms. The highest BCUT2D eigenvalue weighted by atomic mass is 79.9. The lowest BCUT2D eigenvalue weighted by Gasteiger charge is -2.06. The van der Waals surface area contributed by atoms with E-state index in [0.29, 0.717) is 0 Å². The summed E-state index contributed by atoms with van der Waals surface area (Å²) in [6.07, 6.45) is 0. The maximum Gasteiger partial charge on any atom is 0.240 e. The van der Waals surface area contributed by atoms with Gasteiger partial charge in [-0.3, -0.25) is 0 Å². The summed E-state index contributed by atoms with van der Waals surface area (Å²) in [5.74, 6) is 1.51. The van der Waals surface area contributed by atoms with E-state index in [9.17, 15) is 8.42 Å². The van der Waals surface area contributed by atoms with Crippen molar-refractivity contribution in [3.05, 3.63) is 51.9 Å². The number of hydrogen-bond donors (Lipinski definition) is 1. The Labute approximate surface area is 121 Å². The molecule has 0 saturated carbocycles. The molecule has 0 saturated heterocycles. The summed E-state index contributed by atoms with van der Waals surface area (Å²) >= 11 is 3.27. The third-order valence-corrected chi connectivity index (χ3v) is 4.67. The van der Waals surface area contributed by atoms with Gasteiger partial charge < -0.3 is 4.42 Å². The number of nitrogens with one attached hydrogen (secondary N) is 1. The maximum absolute atomic E-state index is 12.1. The third-order valence-electron chi connectivity index (χ3n) is 2.72. The molecule has 6 heteroatoms. The highest BCUT2D eigenvalue weighted by molar-refractivity contribution is 9.10. The molecule has 1 aromatic heterocycles. The first kappa shape index (κ1) is 14.3. The van der Waals surface area contributed by atoms with Crippen LogP contribution in [0.15, 0.2) is 44.1 Å². The van der Waals surface area contributed by atoms with Gasteiger partial charge in [0, 0.05) is 16.6 Å². The van der Waals surface area contributed by atoms with Gasteiger partial charge in [-0.2, -0.15) is 0 Å². The Morgan fingerprint density at radius 3 is 2.37 bits per heavy atom. The van der Waals surface area contributed by atoms with Crippen LogP contribution in [0.1, 0.15) is 17.1 Å². The standard InChI is InChI=1S/C13H14BrNO3S/c1-9-7-11(10(2)18-9)8-15-19(16,17)13-5-3-12(14)4-6-13/h3-7,15H,8H2,1-2H3. The van der Waals surface area contributed by atoms with E-state index in [1.54, 1.807) is 24.3 Å². The van der Waals surface area contributed by atoms with Crippen LogP contribution in [0.2, 0.25) is 0 Å². The number of rotatable bonds is 4. The molecule has 0 aliphatic rings. The van der Waals surface area contributed by atoms with Crippen LogP contribution in [-0.2, 0) is 16.6 Å². The Morgan fingerprint density at radius 1 is 1.21 bits per heavy atom. The number of aryl methyl sites for hydroxylation is 2. The van der Waals surface area contributed by atoms with Crippen molar-refractivity contribution in [1.29, 1.82) is 0 Å². The summed E-state index contributed by atoms with van der Waals surface area (Å²) in [5, 5.41) is 0. The van der Waals surface area contributed by atoms with Crippen LogP contribution >= 0.6 is 15.9 Å². The molecule has 102 valence electrons. The molecule has 0 fully saturated rings. The van der Waals surface area contributed by atoms with Gasteiger partial charge in [-0.15, -0.1) is 0 Å². The van der Waals surface area contributed by atoms with Gasteiger partial charge in [0.1, 0.15) is 11.5 Å². The van der Waals surface area contributed by atoms with E-state index in [-0.39, 0.29) is 11.4 Å². The lowest BCUT2D eigenvalue weighted by Crippen LogP contribution is -2.23. The second-order valence-corrected chi connectivity index (χ2v) is 6.90. The Bertz CT molecular complexity index is 674. The molecule has 0 aliphatic carbocycles. The van der Waals surface area contributed by atoms with Crippen LogP contribution in [0.25, 0.3) is 0 Å². The highest BCUT2D eigenvalue weighted by Gasteiger charge is 2.14. The van der Waals surface area contributed by atoms with Crippen LogP contribution < -0.4 is 4.72 Å². The van der Waals surface area contributed by atoms with Gasteiger partial charge in [-0.25, -0.2) is 13.1 Å². The van der Waals surface area contributed by atoms with Crippen LogP contribution in [0, 0.1) is 13.8 Å². The first-order valence-electron chi connectivity index (χ1n) is 5.69. The van der Waals surface area contributed by atoms with Gasteiger partial charge in [0.2, 0.25) is 10.0 Å². The van der Waals surface area contributed by atoms with E-state index in [0.717, 1.165) is 21.6 Å². The summed E-state index contributed by atoms with van der Waals surface area (Å²) in [7, 11) is -3.50. The predicted octanol–water partition coefficient (Wildman–Crippen LogP) is 3.14. The second kappa shape index (κ2) is 5.48. The molecule has 0 radical (unpaired) electrons. The molecule has 4 nitrogen and oxygen atoms in total. The minimum absolute atomic E-state index is 0.224. The van der Waals surface area contributed by atoms with Gasteiger partial charge in [-0.05, 0) is 44.2 Å². The van der Waals surface area contributed by atoms with E-state index >= 15 is 0 Å². The van der Waals surface area contributed by atoms with E-state index in [4.69, 9.17) is 4.42 Å². The predicted molar refractivity (Wildman–Crippen MR) is 76.3 cm³/mol. The summed E-state index contributed by atoms with van der Waals surface area (Å²) < 4.78 is 32.9. The zero-order chi connectivity index (χ0) is 14.0. The Balaban J connectivity index is 2.14. The van der Waals surface area contributed by atoms with Gasteiger partial charge in [-0.1, -0.05) is 15.9 Å². The van der Waals surface area contributed by atoms with E-state index < -0.39 is 10.0 Å². The first-order chi connectivity index (χ1) is 8.88. The van der Waals surface area contributed by atoms with Crippen molar-refractivity contribution in [1.82, 2.24) is 4.72 Å². The first-order valence-corrected chi connectivity index (χ1v) is 7.97. The van der Waals surface area contributed by atoms with Crippen molar-refractivity contribution in [2.75, 3.05) is 0 Å². The van der Waals surface area contributed by atoms with Crippen LogP contribution in [0.3, 0.4) is 0 Å². The van der Waals surface area contributed by atoms with Crippen LogP contribution in [0.5, 0.6) is 0 Å². The average Bonchev–Trinajstić information content (AvgIpc) is 2.66. The number of benzene rings is 1. The van der Waals surface area contributed by atoms with Gasteiger partial charge in [0.25, 0.3) is 0 Å². The van der Waals surface area contributed by atoms with Gasteiger partial charge in [0.05, 0.1) is 4.90 Å². The lowest BCUT2D eigenvalue weighted by atomic mass is 10.2. The molecule has 2 aromatic rings. The number of halogens is 1. The molecule has 0 spiro atoms. The fourth-order valence-corrected chi connectivity index (χ4v) is 3.00. The van der Waals surface area contributed by atoms with Crippen LogP contribution in [0.4, 0.5) is 0 Å². The molecule has 0 unspecified atom stereocenters. The fraction of sp³-hybridized carbons (Fsp3) is 0.231. The van der Waals surface area contributed by atoms with Crippen molar-refractivity contribution in [3.8, 4) is 0 Å². The Morgan fingerprint density at radius 2 is 1.84 bits per heavy atom. The highest BCUT2D eigenvalue weighted by Crippen LogP contribution is 2.17. The van der Waals surface area contributed by atoms with Crippen molar-refractivity contribution in [2.45, 2.75) is 25.3 Å². The molecule has 0 amide bonds. The quantitative estimate of drug-likeness (QED) is 0.927. The normalized spacial score (nSPS) is 11.7. The molecule has 0 atom stereocenters. The zero-order valence-corrected chi connectivity index (χ0v) is 13.0. The molecule has 0 bridgehead atoms. The maximum atomic E-state index is 12.1. The monoisotopic (exact) mass is 343 g/mol. The molecular weight excluding hydrogens is 330 g/mol. The van der Waals surface area contributed by atoms with Crippen molar-refractivity contribution in [3.63, 3.8) is 0 Å². The molecule has 1 heterocycles. The summed E-state index contributed by atoms with van der Waals surface area (Å²) in [4.78, 5) is 0.244. The third kappa shape index (κ3) is 3.46. The van der Waals surface area contributed by atoms with Gasteiger partial charge >= 0.3 is 0 Å². The number of hydrogen-bond acceptors (Lipinski definition) is 3. The summed E-state index contributed by atoms with van der Waals surface area (Å²) in [6, 6.07) is 8.34. The molecule has 2 rings (SSSR count). The van der Waals surface area contributed by atoms with E-state index in [1.165, 1.54) is 0 Å². The lowest BCUT2D eigenvalue weighted by molar-refractivity contribution is 0.500. The van der Waals surface area contributed by atoms with Crippen molar-refractivity contribution < 1.29 is 12.8 Å². The second-order valence-electron chi connectivity index (χ2n) is 4.22. The topological polar surface area (TPSA) is 59.3 Å². The summed E-state index contributed by atoms with van der Waals surface area (Å²) in [5.41, 5.74) is 0.846. The Kier molecular flexibility index (Phi) is 4.13. The van der Waals surface area contributed by atoms with Crippen LogP contribution in [-0.4, -0.2) is 8.42 Å². The average molecular weight is 344 g/mol. The SMILES string of the molecule is Cc1cc(CNS(=O)(=O)c2ccc(Br)cc2)c(C)o1. The summed E-state index contributed by atoms with van der Waals surface area (Å²) in [6.45, 7) is 3.87. The van der Waals surface area contributed by atoms with E-state index in [1.807, 2.05) is 19.9 Å².